The van der Waals surface area contributed by atoms with Gasteiger partial charge in [0.05, 0.1) is 0 Å². The van der Waals surface area contributed by atoms with E-state index in [-0.39, 0.29) is 17.6 Å². The maximum Gasteiger partial charge on any atom is 0.222 e. The molecule has 1 amide bonds. The SMILES string of the molecule is CC(=O)N1CCC(N2CC[C@H](c3nc(C)cc(Oc4ccc(F)cc4)n3)C2)CC1. The second-order valence-corrected chi connectivity index (χ2v) is 7.98. The second-order valence-electron chi connectivity index (χ2n) is 7.98. The number of hydrogen-bond donors (Lipinski definition) is 0. The Hall–Kier alpha value is -2.54. The summed E-state index contributed by atoms with van der Waals surface area (Å²) < 4.78 is 18.9. The normalized spacial score (nSPS) is 20.8. The molecule has 2 aliphatic rings. The van der Waals surface area contributed by atoms with Gasteiger partial charge in [0, 0.05) is 50.3 Å². The summed E-state index contributed by atoms with van der Waals surface area (Å²) in [7, 11) is 0. The minimum Gasteiger partial charge on any atom is -0.439 e. The molecule has 2 saturated heterocycles. The highest BCUT2D eigenvalue weighted by molar-refractivity contribution is 5.73. The lowest BCUT2D eigenvalue weighted by Crippen LogP contribution is -2.45. The average Bonchev–Trinajstić information content (AvgIpc) is 3.20. The quantitative estimate of drug-likeness (QED) is 0.789. The highest BCUT2D eigenvalue weighted by Gasteiger charge is 2.33. The lowest BCUT2D eigenvalue weighted by molar-refractivity contribution is -0.130. The van der Waals surface area contributed by atoms with Crippen molar-refractivity contribution in [1.82, 2.24) is 19.8 Å². The van der Waals surface area contributed by atoms with Crippen molar-refractivity contribution in [1.29, 1.82) is 0 Å². The fourth-order valence-electron chi connectivity index (χ4n) is 4.30. The molecular formula is C22H27FN4O2. The Balaban J connectivity index is 1.41. The summed E-state index contributed by atoms with van der Waals surface area (Å²) in [6.07, 6.45) is 3.08. The number of ether oxygens (including phenoxy) is 1. The van der Waals surface area contributed by atoms with E-state index in [2.05, 4.69) is 14.9 Å². The fraction of sp³-hybridized carbons (Fsp3) is 0.500. The first-order valence-electron chi connectivity index (χ1n) is 10.3. The maximum absolute atomic E-state index is 13.1. The zero-order valence-electron chi connectivity index (χ0n) is 17.0. The third-order valence-corrected chi connectivity index (χ3v) is 5.90. The zero-order valence-corrected chi connectivity index (χ0v) is 17.0. The van der Waals surface area contributed by atoms with Gasteiger partial charge in [0.15, 0.2) is 0 Å². The van der Waals surface area contributed by atoms with Gasteiger partial charge in [-0.25, -0.2) is 9.37 Å². The molecule has 1 aromatic carbocycles. The molecule has 0 bridgehead atoms. The standard InChI is InChI=1S/C22H27FN4O2/c1-15-13-21(29-20-5-3-18(23)4-6-20)25-22(24-15)17-7-10-27(14-17)19-8-11-26(12-9-19)16(2)28/h3-6,13,17,19H,7-12,14H2,1-2H3/t17-/m0/s1. The van der Waals surface area contributed by atoms with Crippen LogP contribution in [0.5, 0.6) is 11.6 Å². The van der Waals surface area contributed by atoms with E-state index < -0.39 is 0 Å². The number of benzene rings is 1. The van der Waals surface area contributed by atoms with Crippen molar-refractivity contribution in [2.24, 2.45) is 0 Å². The van der Waals surface area contributed by atoms with Crippen molar-refractivity contribution >= 4 is 5.91 Å². The van der Waals surface area contributed by atoms with Gasteiger partial charge in [-0.1, -0.05) is 0 Å². The Kier molecular flexibility index (Phi) is 5.76. The van der Waals surface area contributed by atoms with Gasteiger partial charge in [0.1, 0.15) is 17.4 Å². The van der Waals surface area contributed by atoms with E-state index in [1.165, 1.54) is 12.1 Å². The molecule has 0 aliphatic carbocycles. The van der Waals surface area contributed by atoms with Crippen LogP contribution in [0.4, 0.5) is 4.39 Å². The molecule has 0 N–H and O–H groups in total. The van der Waals surface area contributed by atoms with Gasteiger partial charge in [-0.15, -0.1) is 0 Å². The van der Waals surface area contributed by atoms with Crippen LogP contribution in [0.25, 0.3) is 0 Å². The van der Waals surface area contributed by atoms with Gasteiger partial charge in [-0.3, -0.25) is 9.69 Å². The number of hydrogen-bond acceptors (Lipinski definition) is 5. The van der Waals surface area contributed by atoms with Gasteiger partial charge >= 0.3 is 0 Å². The van der Waals surface area contributed by atoms with E-state index in [1.807, 2.05) is 11.8 Å². The number of nitrogens with zero attached hydrogens (tertiary/aromatic N) is 4. The number of aryl methyl sites for hydroxylation is 1. The molecule has 2 fully saturated rings. The van der Waals surface area contributed by atoms with E-state index in [9.17, 15) is 9.18 Å². The minimum absolute atomic E-state index is 0.171. The van der Waals surface area contributed by atoms with Crippen LogP contribution in [0, 0.1) is 12.7 Å². The molecule has 6 nitrogen and oxygen atoms in total. The number of halogens is 1. The summed E-state index contributed by atoms with van der Waals surface area (Å²) in [5.74, 6) is 2.01. The average molecular weight is 398 g/mol. The third-order valence-electron chi connectivity index (χ3n) is 5.90. The zero-order chi connectivity index (χ0) is 20.4. The lowest BCUT2D eigenvalue weighted by atomic mass is 10.0. The first-order valence-corrected chi connectivity index (χ1v) is 10.3. The molecule has 4 rings (SSSR count). The van der Waals surface area contributed by atoms with Crippen LogP contribution in [-0.2, 0) is 4.79 Å². The molecule has 154 valence electrons. The first-order chi connectivity index (χ1) is 14.0. The van der Waals surface area contributed by atoms with E-state index in [1.54, 1.807) is 25.1 Å². The first kappa shape index (κ1) is 19.8. The smallest absolute Gasteiger partial charge is 0.222 e. The number of carbonyl (C=O) groups is 1. The lowest BCUT2D eigenvalue weighted by Gasteiger charge is -2.36. The molecule has 2 aromatic rings. The molecular weight excluding hydrogens is 371 g/mol. The van der Waals surface area contributed by atoms with E-state index in [4.69, 9.17) is 4.74 Å². The van der Waals surface area contributed by atoms with Crippen molar-refractivity contribution in [3.8, 4) is 11.6 Å². The largest absolute Gasteiger partial charge is 0.439 e. The van der Waals surface area contributed by atoms with Crippen LogP contribution < -0.4 is 4.74 Å². The van der Waals surface area contributed by atoms with Crippen molar-refractivity contribution in [3.63, 3.8) is 0 Å². The summed E-state index contributed by atoms with van der Waals surface area (Å²) in [5.41, 5.74) is 0.861. The van der Waals surface area contributed by atoms with Crippen LogP contribution in [0.3, 0.4) is 0 Å². The Bertz CT molecular complexity index is 866. The number of piperidine rings is 1. The number of aromatic nitrogens is 2. The molecule has 0 radical (unpaired) electrons. The summed E-state index contributed by atoms with van der Waals surface area (Å²) in [4.78, 5) is 25.3. The number of likely N-dealkylation sites (tertiary alicyclic amines) is 2. The van der Waals surface area contributed by atoms with E-state index in [0.717, 1.165) is 57.0 Å². The van der Waals surface area contributed by atoms with Crippen molar-refractivity contribution in [2.45, 2.75) is 45.1 Å². The fourth-order valence-corrected chi connectivity index (χ4v) is 4.30. The van der Waals surface area contributed by atoms with E-state index in [0.29, 0.717) is 17.7 Å². The molecule has 29 heavy (non-hydrogen) atoms. The second kappa shape index (κ2) is 8.45. The molecule has 1 aromatic heterocycles. The molecule has 0 spiro atoms. The van der Waals surface area contributed by atoms with Gasteiger partial charge in [-0.05, 0) is 57.0 Å². The van der Waals surface area contributed by atoms with Gasteiger partial charge < -0.3 is 9.64 Å². The topological polar surface area (TPSA) is 58.6 Å². The number of carbonyl (C=O) groups excluding carboxylic acids is 1. The van der Waals surface area contributed by atoms with Crippen molar-refractivity contribution in [2.75, 3.05) is 26.2 Å². The molecule has 2 aliphatic heterocycles. The third kappa shape index (κ3) is 4.72. The number of rotatable bonds is 4. The molecule has 0 unspecified atom stereocenters. The summed E-state index contributed by atoms with van der Waals surface area (Å²) in [5, 5.41) is 0. The van der Waals surface area contributed by atoms with Crippen LogP contribution >= 0.6 is 0 Å². The maximum atomic E-state index is 13.1. The predicted octanol–water partition coefficient (Wildman–Crippen LogP) is 3.52. The molecule has 1 atom stereocenters. The van der Waals surface area contributed by atoms with Gasteiger partial charge in [0.25, 0.3) is 0 Å². The summed E-state index contributed by atoms with van der Waals surface area (Å²) in [6.45, 7) is 7.24. The van der Waals surface area contributed by atoms with Gasteiger partial charge in [-0.2, -0.15) is 4.98 Å². The molecule has 7 heteroatoms. The molecule has 3 heterocycles. The van der Waals surface area contributed by atoms with Crippen LogP contribution in [0.2, 0.25) is 0 Å². The Morgan fingerprint density at radius 1 is 1.10 bits per heavy atom. The van der Waals surface area contributed by atoms with Crippen molar-refractivity contribution < 1.29 is 13.9 Å². The Labute approximate surface area is 170 Å². The molecule has 0 saturated carbocycles. The number of amides is 1. The summed E-state index contributed by atoms with van der Waals surface area (Å²) >= 11 is 0. The highest BCUT2D eigenvalue weighted by atomic mass is 19.1. The van der Waals surface area contributed by atoms with E-state index >= 15 is 0 Å². The highest BCUT2D eigenvalue weighted by Crippen LogP contribution is 2.31. The van der Waals surface area contributed by atoms with Crippen LogP contribution in [-0.4, -0.2) is 57.9 Å². The van der Waals surface area contributed by atoms with Gasteiger partial charge in [0.2, 0.25) is 11.8 Å². The van der Waals surface area contributed by atoms with Crippen LogP contribution in [0.15, 0.2) is 30.3 Å². The monoisotopic (exact) mass is 398 g/mol. The summed E-state index contributed by atoms with van der Waals surface area (Å²) in [6, 6.07) is 8.26. The van der Waals surface area contributed by atoms with Crippen molar-refractivity contribution in [3.05, 3.63) is 47.7 Å². The minimum atomic E-state index is -0.294. The van der Waals surface area contributed by atoms with Crippen LogP contribution in [0.1, 0.15) is 43.6 Å². The Morgan fingerprint density at radius 2 is 1.83 bits per heavy atom. The Morgan fingerprint density at radius 3 is 2.52 bits per heavy atom. The predicted molar refractivity (Wildman–Crippen MR) is 107 cm³/mol.